The van der Waals surface area contributed by atoms with Crippen molar-refractivity contribution in [3.63, 3.8) is 0 Å². The lowest BCUT2D eigenvalue weighted by Gasteiger charge is -2.15. The van der Waals surface area contributed by atoms with Crippen LogP contribution >= 0.6 is 15.9 Å². The standard InChI is InChI=1S/C16H16BrN/c17-16-9-15-11-18-10-14(15)8-13(16)7-6-12-4-2-1-3-5-12/h8-9,11-12H,1-5,10H2. The molecule has 0 unspecified atom stereocenters. The van der Waals surface area contributed by atoms with Gasteiger partial charge in [-0.2, -0.15) is 0 Å². The zero-order chi connectivity index (χ0) is 12.4. The van der Waals surface area contributed by atoms with Gasteiger partial charge in [0.25, 0.3) is 0 Å². The molecule has 2 heteroatoms. The van der Waals surface area contributed by atoms with Crippen molar-refractivity contribution in [2.24, 2.45) is 10.9 Å². The van der Waals surface area contributed by atoms with E-state index in [1.807, 2.05) is 6.21 Å². The second-order valence-corrected chi connectivity index (χ2v) is 5.96. The molecule has 0 radical (unpaired) electrons. The third-order valence-electron chi connectivity index (χ3n) is 3.74. The fourth-order valence-corrected chi connectivity index (χ4v) is 3.12. The fourth-order valence-electron chi connectivity index (χ4n) is 2.66. The Morgan fingerprint density at radius 1 is 1.17 bits per heavy atom. The fraction of sp³-hybridized carbons (Fsp3) is 0.438. The molecule has 1 aromatic rings. The van der Waals surface area contributed by atoms with Crippen LogP contribution in [0.3, 0.4) is 0 Å². The van der Waals surface area contributed by atoms with E-state index in [4.69, 9.17) is 0 Å². The minimum Gasteiger partial charge on any atom is -0.288 e. The van der Waals surface area contributed by atoms with Gasteiger partial charge in [-0.3, -0.25) is 4.99 Å². The molecule has 0 atom stereocenters. The Morgan fingerprint density at radius 2 is 2.00 bits per heavy atom. The zero-order valence-electron chi connectivity index (χ0n) is 10.4. The Balaban J connectivity index is 1.83. The van der Waals surface area contributed by atoms with Crippen LogP contribution in [0.2, 0.25) is 0 Å². The molecule has 3 rings (SSSR count). The number of benzene rings is 1. The number of aliphatic imine (C=N–C) groups is 1. The molecule has 0 bridgehead atoms. The van der Waals surface area contributed by atoms with Crippen molar-refractivity contribution in [2.45, 2.75) is 38.6 Å². The lowest BCUT2D eigenvalue weighted by atomic mass is 9.89. The van der Waals surface area contributed by atoms with E-state index in [2.05, 4.69) is 44.9 Å². The van der Waals surface area contributed by atoms with Crippen LogP contribution in [0, 0.1) is 17.8 Å². The largest absolute Gasteiger partial charge is 0.288 e. The summed E-state index contributed by atoms with van der Waals surface area (Å²) in [6.07, 6.45) is 8.57. The molecule has 2 aliphatic rings. The summed E-state index contributed by atoms with van der Waals surface area (Å²) in [6.45, 7) is 0.806. The van der Waals surface area contributed by atoms with Crippen LogP contribution < -0.4 is 0 Å². The molecular formula is C16H16BrN. The number of hydrogen-bond donors (Lipinski definition) is 0. The highest BCUT2D eigenvalue weighted by atomic mass is 79.9. The van der Waals surface area contributed by atoms with Crippen LogP contribution in [0.25, 0.3) is 0 Å². The van der Waals surface area contributed by atoms with Crippen LogP contribution in [0.1, 0.15) is 48.8 Å². The van der Waals surface area contributed by atoms with Crippen LogP contribution in [0.5, 0.6) is 0 Å². The molecule has 1 aromatic carbocycles. The minimum atomic E-state index is 0.607. The van der Waals surface area contributed by atoms with Crippen LogP contribution in [-0.2, 0) is 6.54 Å². The first-order valence-electron chi connectivity index (χ1n) is 6.67. The van der Waals surface area contributed by atoms with E-state index >= 15 is 0 Å². The number of fused-ring (bicyclic) bond motifs is 1. The van der Waals surface area contributed by atoms with E-state index in [9.17, 15) is 0 Å². The Bertz CT molecular complexity index is 542. The number of hydrogen-bond acceptors (Lipinski definition) is 1. The van der Waals surface area contributed by atoms with Gasteiger partial charge in [-0.15, -0.1) is 0 Å². The molecule has 1 fully saturated rings. The summed E-state index contributed by atoms with van der Waals surface area (Å²) < 4.78 is 1.10. The van der Waals surface area contributed by atoms with E-state index in [1.54, 1.807) is 0 Å². The van der Waals surface area contributed by atoms with Gasteiger partial charge >= 0.3 is 0 Å². The lowest BCUT2D eigenvalue weighted by molar-refractivity contribution is 0.430. The molecule has 0 aromatic heterocycles. The highest BCUT2D eigenvalue weighted by Gasteiger charge is 2.11. The molecule has 1 saturated carbocycles. The maximum absolute atomic E-state index is 4.29. The maximum Gasteiger partial charge on any atom is 0.0646 e. The summed E-state index contributed by atoms with van der Waals surface area (Å²) in [5.74, 6) is 7.42. The second kappa shape index (κ2) is 5.28. The highest BCUT2D eigenvalue weighted by Crippen LogP contribution is 2.26. The summed E-state index contributed by atoms with van der Waals surface area (Å²) in [7, 11) is 0. The Labute approximate surface area is 117 Å². The number of nitrogens with zero attached hydrogens (tertiary/aromatic N) is 1. The Morgan fingerprint density at radius 3 is 2.83 bits per heavy atom. The summed E-state index contributed by atoms with van der Waals surface area (Å²) in [5.41, 5.74) is 3.64. The van der Waals surface area contributed by atoms with Crippen LogP contribution in [0.15, 0.2) is 21.6 Å². The van der Waals surface area contributed by atoms with Crippen molar-refractivity contribution in [1.29, 1.82) is 0 Å². The van der Waals surface area contributed by atoms with E-state index in [-0.39, 0.29) is 0 Å². The summed E-state index contributed by atoms with van der Waals surface area (Å²) >= 11 is 3.61. The molecule has 1 aliphatic carbocycles. The third-order valence-corrected chi connectivity index (χ3v) is 4.39. The molecule has 1 nitrogen and oxygen atoms in total. The predicted octanol–water partition coefficient (Wildman–Crippen LogP) is 4.31. The molecule has 1 aliphatic heterocycles. The van der Waals surface area contributed by atoms with E-state index in [0.29, 0.717) is 5.92 Å². The predicted molar refractivity (Wildman–Crippen MR) is 78.9 cm³/mol. The van der Waals surface area contributed by atoms with Crippen molar-refractivity contribution >= 4 is 22.1 Å². The number of rotatable bonds is 0. The van der Waals surface area contributed by atoms with Crippen molar-refractivity contribution in [3.8, 4) is 11.8 Å². The van der Waals surface area contributed by atoms with Gasteiger partial charge in [-0.1, -0.05) is 31.1 Å². The quantitative estimate of drug-likeness (QED) is 0.633. The van der Waals surface area contributed by atoms with Gasteiger partial charge in [0.2, 0.25) is 0 Å². The van der Waals surface area contributed by atoms with Crippen molar-refractivity contribution < 1.29 is 0 Å². The third kappa shape index (κ3) is 2.52. The van der Waals surface area contributed by atoms with Crippen molar-refractivity contribution in [2.75, 3.05) is 0 Å². The lowest BCUT2D eigenvalue weighted by Crippen LogP contribution is -2.03. The molecule has 18 heavy (non-hydrogen) atoms. The van der Waals surface area contributed by atoms with Gasteiger partial charge in [0.15, 0.2) is 0 Å². The molecular weight excluding hydrogens is 286 g/mol. The van der Waals surface area contributed by atoms with E-state index in [0.717, 1.165) is 16.6 Å². The average molecular weight is 302 g/mol. The number of halogens is 1. The average Bonchev–Trinajstić information content (AvgIpc) is 2.84. The molecule has 92 valence electrons. The molecule has 0 N–H and O–H groups in total. The normalized spacial score (nSPS) is 18.3. The van der Waals surface area contributed by atoms with Gasteiger partial charge in [-0.25, -0.2) is 0 Å². The molecule has 0 spiro atoms. The van der Waals surface area contributed by atoms with E-state index < -0.39 is 0 Å². The van der Waals surface area contributed by atoms with Gasteiger partial charge in [0, 0.05) is 22.2 Å². The monoisotopic (exact) mass is 301 g/mol. The SMILES string of the molecule is Brc1cc2c(cc1C#CC1CCCCC1)CN=C2. The second-order valence-electron chi connectivity index (χ2n) is 5.10. The maximum atomic E-state index is 4.29. The summed E-state index contributed by atoms with van der Waals surface area (Å²) in [6, 6.07) is 4.32. The topological polar surface area (TPSA) is 12.4 Å². The summed E-state index contributed by atoms with van der Waals surface area (Å²) in [5, 5.41) is 0. The van der Waals surface area contributed by atoms with Crippen LogP contribution in [-0.4, -0.2) is 6.21 Å². The van der Waals surface area contributed by atoms with Gasteiger partial charge in [0.1, 0.15) is 0 Å². The van der Waals surface area contributed by atoms with Gasteiger partial charge in [-0.05, 0) is 52.0 Å². The first kappa shape index (κ1) is 12.0. The first-order valence-corrected chi connectivity index (χ1v) is 7.46. The highest BCUT2D eigenvalue weighted by molar-refractivity contribution is 9.10. The van der Waals surface area contributed by atoms with Crippen LogP contribution in [0.4, 0.5) is 0 Å². The molecule has 1 heterocycles. The van der Waals surface area contributed by atoms with Gasteiger partial charge < -0.3 is 0 Å². The first-order chi connectivity index (χ1) is 8.83. The molecule has 0 amide bonds. The van der Waals surface area contributed by atoms with E-state index in [1.165, 1.54) is 43.2 Å². The molecule has 0 saturated heterocycles. The summed E-state index contributed by atoms with van der Waals surface area (Å²) in [4.78, 5) is 4.29. The Kier molecular flexibility index (Phi) is 3.52. The zero-order valence-corrected chi connectivity index (χ0v) is 12.0. The van der Waals surface area contributed by atoms with Gasteiger partial charge in [0.05, 0.1) is 6.54 Å². The smallest absolute Gasteiger partial charge is 0.0646 e. The van der Waals surface area contributed by atoms with Crippen molar-refractivity contribution in [3.05, 3.63) is 33.3 Å². The Hall–Kier alpha value is -1.07. The van der Waals surface area contributed by atoms with Crippen molar-refractivity contribution in [1.82, 2.24) is 0 Å². The minimum absolute atomic E-state index is 0.607.